The maximum atomic E-state index is 12.4. The van der Waals surface area contributed by atoms with Crippen molar-refractivity contribution in [2.45, 2.75) is 26.4 Å². The average molecular weight is 496 g/mol. The van der Waals surface area contributed by atoms with Gasteiger partial charge in [0.05, 0.1) is 12.1 Å². The predicted octanol–water partition coefficient (Wildman–Crippen LogP) is 7.05. The van der Waals surface area contributed by atoms with E-state index in [0.717, 1.165) is 11.1 Å². The maximum absolute atomic E-state index is 12.4. The molecule has 0 N–H and O–H groups in total. The molecule has 5 nitrogen and oxygen atoms in total. The number of halogens is 2. The number of ether oxygens (including phenoxy) is 3. The smallest absolute Gasteiger partial charge is 0.363 e. The van der Waals surface area contributed by atoms with E-state index in [-0.39, 0.29) is 18.2 Å². The van der Waals surface area contributed by atoms with Gasteiger partial charge in [0.1, 0.15) is 6.61 Å². The van der Waals surface area contributed by atoms with Gasteiger partial charge in [-0.2, -0.15) is 0 Å². The molecule has 3 aromatic rings. The number of nitrogens with zero attached hydrogens (tertiary/aromatic N) is 1. The molecule has 1 heterocycles. The Morgan fingerprint density at radius 1 is 1.06 bits per heavy atom. The SMILES string of the molecule is COc1cc(/C=C2\N=C(c3ccc(C(C)C)cc3)OC2=O)cc(Cl)c1OCc1cccc(Cl)c1. The van der Waals surface area contributed by atoms with Gasteiger partial charge < -0.3 is 14.2 Å². The largest absolute Gasteiger partial charge is 0.493 e. The van der Waals surface area contributed by atoms with Gasteiger partial charge >= 0.3 is 5.97 Å². The number of carbonyl (C=O) groups is 1. The Labute approximate surface area is 208 Å². The van der Waals surface area contributed by atoms with Gasteiger partial charge in [0, 0.05) is 10.6 Å². The summed E-state index contributed by atoms with van der Waals surface area (Å²) in [7, 11) is 1.52. The topological polar surface area (TPSA) is 57.1 Å². The highest BCUT2D eigenvalue weighted by molar-refractivity contribution is 6.32. The standard InChI is InChI=1S/C27H23Cl2NO4/c1-16(2)19-7-9-20(10-8-19)26-30-23(27(31)34-26)13-18-12-22(29)25(24(14-18)32-3)33-15-17-5-4-6-21(28)11-17/h4-14,16H,15H2,1-3H3/b23-13-. The molecule has 1 aliphatic heterocycles. The van der Waals surface area contributed by atoms with Gasteiger partial charge in [-0.15, -0.1) is 0 Å². The van der Waals surface area contributed by atoms with Crippen LogP contribution in [0.5, 0.6) is 11.5 Å². The zero-order valence-electron chi connectivity index (χ0n) is 19.0. The minimum Gasteiger partial charge on any atom is -0.493 e. The van der Waals surface area contributed by atoms with Crippen molar-refractivity contribution in [3.8, 4) is 11.5 Å². The van der Waals surface area contributed by atoms with E-state index in [2.05, 4.69) is 18.8 Å². The number of methoxy groups -OCH3 is 1. The summed E-state index contributed by atoms with van der Waals surface area (Å²) in [4.78, 5) is 16.8. The average Bonchev–Trinajstić information content (AvgIpc) is 3.18. The molecule has 0 saturated heterocycles. The molecule has 0 atom stereocenters. The Hall–Kier alpha value is -3.28. The second-order valence-corrected chi connectivity index (χ2v) is 8.91. The van der Waals surface area contributed by atoms with Crippen molar-refractivity contribution in [3.63, 3.8) is 0 Å². The van der Waals surface area contributed by atoms with Gasteiger partial charge in [-0.25, -0.2) is 9.79 Å². The van der Waals surface area contributed by atoms with Crippen LogP contribution in [-0.4, -0.2) is 19.0 Å². The first kappa shape index (κ1) is 23.9. The zero-order valence-corrected chi connectivity index (χ0v) is 20.5. The summed E-state index contributed by atoms with van der Waals surface area (Å²) in [5.41, 5.74) is 3.64. The van der Waals surface area contributed by atoms with E-state index in [1.807, 2.05) is 42.5 Å². The molecule has 0 radical (unpaired) electrons. The molecule has 0 bridgehead atoms. The Kier molecular flexibility index (Phi) is 7.25. The van der Waals surface area contributed by atoms with Gasteiger partial charge in [-0.3, -0.25) is 0 Å². The molecular formula is C27H23Cl2NO4. The first-order valence-corrected chi connectivity index (χ1v) is 11.5. The molecule has 0 aromatic heterocycles. The van der Waals surface area contributed by atoms with Crippen molar-refractivity contribution < 1.29 is 19.0 Å². The fraction of sp³-hybridized carbons (Fsp3) is 0.185. The van der Waals surface area contributed by atoms with Crippen LogP contribution in [0.4, 0.5) is 0 Å². The van der Waals surface area contributed by atoms with Gasteiger partial charge in [0.25, 0.3) is 0 Å². The lowest BCUT2D eigenvalue weighted by Gasteiger charge is -2.13. The predicted molar refractivity (Wildman–Crippen MR) is 135 cm³/mol. The van der Waals surface area contributed by atoms with Crippen molar-refractivity contribution >= 4 is 41.1 Å². The van der Waals surface area contributed by atoms with E-state index in [1.54, 1.807) is 24.3 Å². The highest BCUT2D eigenvalue weighted by Crippen LogP contribution is 2.38. The van der Waals surface area contributed by atoms with E-state index < -0.39 is 5.97 Å². The van der Waals surface area contributed by atoms with E-state index >= 15 is 0 Å². The van der Waals surface area contributed by atoms with E-state index in [1.165, 1.54) is 12.7 Å². The second-order valence-electron chi connectivity index (χ2n) is 8.07. The van der Waals surface area contributed by atoms with Gasteiger partial charge in [-0.05, 0) is 65.1 Å². The second kappa shape index (κ2) is 10.3. The van der Waals surface area contributed by atoms with E-state index in [4.69, 9.17) is 37.4 Å². The van der Waals surface area contributed by atoms with Crippen LogP contribution in [0.2, 0.25) is 10.0 Å². The molecule has 0 amide bonds. The van der Waals surface area contributed by atoms with Crippen LogP contribution in [0.15, 0.2) is 71.4 Å². The molecule has 4 rings (SSSR count). The molecule has 0 fully saturated rings. The van der Waals surface area contributed by atoms with Crippen LogP contribution in [0.3, 0.4) is 0 Å². The molecule has 0 aliphatic carbocycles. The molecular weight excluding hydrogens is 473 g/mol. The summed E-state index contributed by atoms with van der Waals surface area (Å²) < 4.78 is 16.7. The van der Waals surface area contributed by atoms with Crippen LogP contribution in [0, 0.1) is 0 Å². The highest BCUT2D eigenvalue weighted by atomic mass is 35.5. The Bertz CT molecular complexity index is 1280. The minimum absolute atomic E-state index is 0.175. The first-order valence-electron chi connectivity index (χ1n) is 10.7. The summed E-state index contributed by atoms with van der Waals surface area (Å²) in [6.45, 7) is 4.51. The Balaban J connectivity index is 1.57. The number of rotatable bonds is 7. The molecule has 174 valence electrons. The molecule has 3 aromatic carbocycles. The number of aliphatic imine (C=N–C) groups is 1. The van der Waals surface area contributed by atoms with Crippen molar-refractivity contribution in [2.24, 2.45) is 4.99 Å². The molecule has 1 aliphatic rings. The van der Waals surface area contributed by atoms with Crippen molar-refractivity contribution in [1.82, 2.24) is 0 Å². The summed E-state index contributed by atoms with van der Waals surface area (Å²) in [5, 5.41) is 0.966. The lowest BCUT2D eigenvalue weighted by molar-refractivity contribution is -0.129. The quantitative estimate of drug-likeness (QED) is 0.260. The van der Waals surface area contributed by atoms with Crippen LogP contribution < -0.4 is 9.47 Å². The third-order valence-corrected chi connectivity index (χ3v) is 5.79. The highest BCUT2D eigenvalue weighted by Gasteiger charge is 2.24. The van der Waals surface area contributed by atoms with Crippen molar-refractivity contribution in [1.29, 1.82) is 0 Å². The molecule has 0 spiro atoms. The van der Waals surface area contributed by atoms with E-state index in [9.17, 15) is 4.79 Å². The van der Waals surface area contributed by atoms with Gasteiger partial charge in [0.15, 0.2) is 17.2 Å². The number of benzene rings is 3. The summed E-state index contributed by atoms with van der Waals surface area (Å²) in [6, 6.07) is 18.6. The maximum Gasteiger partial charge on any atom is 0.363 e. The van der Waals surface area contributed by atoms with Crippen molar-refractivity contribution in [2.75, 3.05) is 7.11 Å². The van der Waals surface area contributed by atoms with Crippen LogP contribution in [-0.2, 0) is 16.1 Å². The number of hydrogen-bond donors (Lipinski definition) is 0. The van der Waals surface area contributed by atoms with E-state index in [0.29, 0.717) is 33.0 Å². The lowest BCUT2D eigenvalue weighted by Crippen LogP contribution is -2.05. The van der Waals surface area contributed by atoms with Crippen LogP contribution in [0.1, 0.15) is 42.0 Å². The third kappa shape index (κ3) is 5.44. The van der Waals surface area contributed by atoms with Crippen LogP contribution >= 0.6 is 23.2 Å². The third-order valence-electron chi connectivity index (χ3n) is 5.27. The molecule has 7 heteroatoms. The summed E-state index contributed by atoms with van der Waals surface area (Å²) in [5.74, 6) is 0.982. The Morgan fingerprint density at radius 2 is 1.82 bits per heavy atom. The zero-order chi connectivity index (χ0) is 24.2. The molecule has 0 saturated carbocycles. The summed E-state index contributed by atoms with van der Waals surface area (Å²) in [6.07, 6.45) is 1.60. The van der Waals surface area contributed by atoms with Gasteiger partial charge in [0.2, 0.25) is 5.90 Å². The number of hydrogen-bond acceptors (Lipinski definition) is 5. The summed E-state index contributed by atoms with van der Waals surface area (Å²) >= 11 is 12.5. The molecule has 34 heavy (non-hydrogen) atoms. The van der Waals surface area contributed by atoms with Gasteiger partial charge in [-0.1, -0.05) is 61.3 Å². The fourth-order valence-electron chi connectivity index (χ4n) is 3.45. The number of esters is 1. The lowest BCUT2D eigenvalue weighted by atomic mass is 10.0. The minimum atomic E-state index is -0.528. The first-order chi connectivity index (χ1) is 16.3. The monoisotopic (exact) mass is 495 g/mol. The fourth-order valence-corrected chi connectivity index (χ4v) is 3.93. The number of cyclic esters (lactones) is 1. The van der Waals surface area contributed by atoms with Crippen LogP contribution in [0.25, 0.3) is 6.08 Å². The molecule has 0 unspecified atom stereocenters. The van der Waals surface area contributed by atoms with Crippen molar-refractivity contribution in [3.05, 3.63) is 98.7 Å². The number of carbonyl (C=O) groups excluding carboxylic acids is 1. The normalized spacial score (nSPS) is 14.4. The Morgan fingerprint density at radius 3 is 2.50 bits per heavy atom.